The molecule has 0 spiro atoms. The van der Waals surface area contributed by atoms with Crippen LogP contribution in [0.3, 0.4) is 0 Å². The van der Waals surface area contributed by atoms with Crippen LogP contribution >= 0.6 is 0 Å². The van der Waals surface area contributed by atoms with Crippen molar-refractivity contribution in [2.24, 2.45) is 7.05 Å². The molecule has 0 unspecified atom stereocenters. The van der Waals surface area contributed by atoms with Gasteiger partial charge < -0.3 is 19.9 Å². The van der Waals surface area contributed by atoms with Gasteiger partial charge in [0, 0.05) is 31.3 Å². The predicted molar refractivity (Wildman–Crippen MR) is 76.4 cm³/mol. The summed E-state index contributed by atoms with van der Waals surface area (Å²) in [7, 11) is 3.57. The van der Waals surface area contributed by atoms with Gasteiger partial charge in [0.2, 0.25) is 0 Å². The minimum absolute atomic E-state index is 0.0278. The lowest BCUT2D eigenvalue weighted by molar-refractivity contribution is 0.173. The maximum Gasteiger partial charge on any atom is 0.319 e. The molecule has 0 fully saturated rings. The van der Waals surface area contributed by atoms with E-state index in [-0.39, 0.29) is 12.1 Å². The minimum atomic E-state index is -0.221. The largest absolute Gasteiger partial charge is 0.383 e. The molecule has 2 aromatic rings. The lowest BCUT2D eigenvalue weighted by Crippen LogP contribution is -2.38. The fourth-order valence-electron chi connectivity index (χ4n) is 2.12. The Balaban J connectivity index is 2.11. The van der Waals surface area contributed by atoms with E-state index in [1.54, 1.807) is 7.11 Å². The van der Waals surface area contributed by atoms with Crippen molar-refractivity contribution in [3.8, 4) is 0 Å². The van der Waals surface area contributed by atoms with Crippen LogP contribution in [0.25, 0.3) is 10.9 Å². The van der Waals surface area contributed by atoms with Gasteiger partial charge in [-0.2, -0.15) is 0 Å². The molecule has 0 radical (unpaired) electrons. The Hall–Kier alpha value is -2.01. The highest BCUT2D eigenvalue weighted by Gasteiger charge is 2.10. The van der Waals surface area contributed by atoms with E-state index >= 15 is 0 Å². The summed E-state index contributed by atoms with van der Waals surface area (Å²) < 4.78 is 6.97. The molecule has 1 atom stereocenters. The molecular weight excluding hydrogens is 242 g/mol. The van der Waals surface area contributed by atoms with Crippen LogP contribution in [-0.2, 0) is 11.8 Å². The van der Waals surface area contributed by atoms with Crippen molar-refractivity contribution in [2.45, 2.75) is 13.0 Å². The Morgan fingerprint density at radius 3 is 2.89 bits per heavy atom. The number of aromatic nitrogens is 1. The van der Waals surface area contributed by atoms with Crippen LogP contribution in [0.5, 0.6) is 0 Å². The molecule has 0 bridgehead atoms. The number of urea groups is 1. The second-order valence-electron chi connectivity index (χ2n) is 4.63. The zero-order valence-corrected chi connectivity index (χ0v) is 11.4. The summed E-state index contributed by atoms with van der Waals surface area (Å²) in [5.74, 6) is 0. The van der Waals surface area contributed by atoms with Gasteiger partial charge in [0.05, 0.1) is 18.3 Å². The van der Waals surface area contributed by atoms with Gasteiger partial charge in [0.1, 0.15) is 0 Å². The first-order valence-electron chi connectivity index (χ1n) is 6.22. The summed E-state index contributed by atoms with van der Waals surface area (Å²) in [6, 6.07) is 7.70. The third-order valence-corrected chi connectivity index (χ3v) is 2.94. The van der Waals surface area contributed by atoms with Gasteiger partial charge in [-0.25, -0.2) is 4.79 Å². The Labute approximate surface area is 112 Å². The van der Waals surface area contributed by atoms with E-state index in [1.807, 2.05) is 49.0 Å². The van der Waals surface area contributed by atoms with Crippen molar-refractivity contribution in [1.29, 1.82) is 0 Å². The highest BCUT2D eigenvalue weighted by atomic mass is 16.5. The van der Waals surface area contributed by atoms with Crippen LogP contribution in [-0.4, -0.2) is 30.4 Å². The second-order valence-corrected chi connectivity index (χ2v) is 4.63. The number of hydrogen-bond donors (Lipinski definition) is 2. The van der Waals surface area contributed by atoms with Gasteiger partial charge in [-0.3, -0.25) is 0 Å². The van der Waals surface area contributed by atoms with Crippen molar-refractivity contribution >= 4 is 22.6 Å². The maximum atomic E-state index is 11.9. The number of benzene rings is 1. The smallest absolute Gasteiger partial charge is 0.319 e. The van der Waals surface area contributed by atoms with E-state index in [1.165, 1.54) is 0 Å². The molecule has 1 heterocycles. The highest BCUT2D eigenvalue weighted by Crippen LogP contribution is 2.24. The number of anilines is 1. The zero-order chi connectivity index (χ0) is 13.8. The van der Waals surface area contributed by atoms with Gasteiger partial charge >= 0.3 is 6.03 Å². The van der Waals surface area contributed by atoms with Crippen molar-refractivity contribution < 1.29 is 9.53 Å². The first kappa shape index (κ1) is 13.4. The third kappa shape index (κ3) is 3.06. The Kier molecular flexibility index (Phi) is 4.06. The average molecular weight is 261 g/mol. The first-order valence-corrected chi connectivity index (χ1v) is 6.22. The first-order chi connectivity index (χ1) is 9.11. The summed E-state index contributed by atoms with van der Waals surface area (Å²) in [6.45, 7) is 2.38. The van der Waals surface area contributed by atoms with Crippen molar-refractivity contribution in [3.05, 3.63) is 30.5 Å². The summed E-state index contributed by atoms with van der Waals surface area (Å²) in [6.07, 6.45) is 1.91. The van der Waals surface area contributed by atoms with Crippen LogP contribution in [0.15, 0.2) is 30.5 Å². The monoisotopic (exact) mass is 261 g/mol. The van der Waals surface area contributed by atoms with Gasteiger partial charge in [-0.15, -0.1) is 0 Å². The molecule has 5 nitrogen and oxygen atoms in total. The van der Waals surface area contributed by atoms with Gasteiger partial charge in [0.15, 0.2) is 0 Å². The molecule has 1 aromatic carbocycles. The molecule has 0 saturated carbocycles. The Morgan fingerprint density at radius 2 is 2.16 bits per heavy atom. The zero-order valence-electron chi connectivity index (χ0n) is 11.4. The molecule has 0 aliphatic heterocycles. The van der Waals surface area contributed by atoms with Gasteiger partial charge in [-0.05, 0) is 13.0 Å². The van der Waals surface area contributed by atoms with E-state index in [9.17, 15) is 4.79 Å². The molecule has 102 valence electrons. The number of methoxy groups -OCH3 is 1. The van der Waals surface area contributed by atoms with E-state index < -0.39 is 0 Å². The normalized spacial score (nSPS) is 12.4. The molecule has 5 heteroatoms. The van der Waals surface area contributed by atoms with Crippen LogP contribution < -0.4 is 10.6 Å². The molecule has 2 N–H and O–H groups in total. The Bertz CT molecular complexity index is 577. The second kappa shape index (κ2) is 5.75. The number of ether oxygens (including phenoxy) is 1. The van der Waals surface area contributed by atoms with Crippen LogP contribution in [0.1, 0.15) is 6.92 Å². The average Bonchev–Trinajstić information content (AvgIpc) is 2.67. The molecule has 2 amide bonds. The summed E-state index contributed by atoms with van der Waals surface area (Å²) in [5.41, 5.74) is 1.89. The maximum absolute atomic E-state index is 11.9. The SMILES string of the molecule is COC[C@H](C)NC(=O)Nc1cn(C)c2ccccc12. The molecular formula is C14H19N3O2. The molecule has 2 rings (SSSR count). The van der Waals surface area contributed by atoms with Crippen LogP contribution in [0.2, 0.25) is 0 Å². The summed E-state index contributed by atoms with van der Waals surface area (Å²) in [5, 5.41) is 6.71. The minimum Gasteiger partial charge on any atom is -0.383 e. The number of carbonyl (C=O) groups is 1. The number of para-hydroxylation sites is 1. The number of hydrogen-bond acceptors (Lipinski definition) is 2. The van der Waals surface area contributed by atoms with E-state index in [2.05, 4.69) is 10.6 Å². The summed E-state index contributed by atoms with van der Waals surface area (Å²) in [4.78, 5) is 11.9. The standard InChI is InChI=1S/C14H19N3O2/c1-10(9-19-3)15-14(18)16-12-8-17(2)13-7-5-4-6-11(12)13/h4-8,10H,9H2,1-3H3,(H2,15,16,18)/t10-/m0/s1. The van der Waals surface area contributed by atoms with E-state index in [0.29, 0.717) is 6.61 Å². The number of aryl methyl sites for hydroxylation is 1. The molecule has 19 heavy (non-hydrogen) atoms. The van der Waals surface area contributed by atoms with Gasteiger partial charge in [-0.1, -0.05) is 18.2 Å². The molecule has 0 saturated heterocycles. The number of amides is 2. The lowest BCUT2D eigenvalue weighted by atomic mass is 10.2. The van der Waals surface area contributed by atoms with Gasteiger partial charge in [0.25, 0.3) is 0 Å². The summed E-state index contributed by atoms with van der Waals surface area (Å²) >= 11 is 0. The van der Waals surface area contributed by atoms with Crippen LogP contribution in [0, 0.1) is 0 Å². The highest BCUT2D eigenvalue weighted by molar-refractivity contribution is 6.01. The number of nitrogens with one attached hydrogen (secondary N) is 2. The van der Waals surface area contributed by atoms with Crippen LogP contribution in [0.4, 0.5) is 10.5 Å². The Morgan fingerprint density at radius 1 is 1.42 bits per heavy atom. The quantitative estimate of drug-likeness (QED) is 0.887. The fraction of sp³-hybridized carbons (Fsp3) is 0.357. The van der Waals surface area contributed by atoms with E-state index in [0.717, 1.165) is 16.6 Å². The molecule has 1 aromatic heterocycles. The number of carbonyl (C=O) groups excluding carboxylic acids is 1. The number of nitrogens with zero attached hydrogens (tertiary/aromatic N) is 1. The fourth-order valence-corrected chi connectivity index (χ4v) is 2.12. The predicted octanol–water partition coefficient (Wildman–Crippen LogP) is 2.33. The topological polar surface area (TPSA) is 55.3 Å². The van der Waals surface area contributed by atoms with Crippen molar-refractivity contribution in [3.63, 3.8) is 0 Å². The number of rotatable bonds is 4. The molecule has 0 aliphatic rings. The van der Waals surface area contributed by atoms with E-state index in [4.69, 9.17) is 4.74 Å². The molecule has 0 aliphatic carbocycles. The third-order valence-electron chi connectivity index (χ3n) is 2.94. The lowest BCUT2D eigenvalue weighted by Gasteiger charge is -2.13. The number of fused-ring (bicyclic) bond motifs is 1. The van der Waals surface area contributed by atoms with Crippen molar-refractivity contribution in [2.75, 3.05) is 19.0 Å². The van der Waals surface area contributed by atoms with Crippen molar-refractivity contribution in [1.82, 2.24) is 9.88 Å².